The number of piperazine rings is 1. The molecule has 2 fully saturated rings. The van der Waals surface area contributed by atoms with E-state index in [0.29, 0.717) is 26.2 Å². The average Bonchev–Trinajstić information content (AvgIpc) is 2.77. The lowest BCUT2D eigenvalue weighted by Gasteiger charge is -2.38. The molecule has 2 aliphatic heterocycles. The third kappa shape index (κ3) is 5.21. The number of benzene rings is 1. The zero-order valence-corrected chi connectivity index (χ0v) is 16.2. The van der Waals surface area contributed by atoms with Gasteiger partial charge in [-0.15, -0.1) is 0 Å². The van der Waals surface area contributed by atoms with E-state index in [9.17, 15) is 24.5 Å². The Hall–Kier alpha value is -3.17. The van der Waals surface area contributed by atoms with E-state index >= 15 is 0 Å². The van der Waals surface area contributed by atoms with Crippen LogP contribution < -0.4 is 5.32 Å². The number of non-ortho nitro benzene ring substituents is 1. The molecule has 0 radical (unpaired) electrons. The Morgan fingerprint density at radius 3 is 2.21 bits per heavy atom. The van der Waals surface area contributed by atoms with E-state index in [1.807, 2.05) is 4.90 Å². The number of hydrogen-bond acceptors (Lipinski definition) is 5. The molecule has 10 nitrogen and oxygen atoms in total. The van der Waals surface area contributed by atoms with Crippen molar-refractivity contribution in [3.63, 3.8) is 0 Å². The highest BCUT2D eigenvalue weighted by Crippen LogP contribution is 2.14. The second kappa shape index (κ2) is 9.35. The van der Waals surface area contributed by atoms with E-state index in [1.54, 1.807) is 9.80 Å². The average molecular weight is 403 g/mol. The Morgan fingerprint density at radius 2 is 1.55 bits per heavy atom. The van der Waals surface area contributed by atoms with Crippen molar-refractivity contribution >= 4 is 23.5 Å². The van der Waals surface area contributed by atoms with E-state index in [4.69, 9.17) is 0 Å². The summed E-state index contributed by atoms with van der Waals surface area (Å²) in [6.07, 6.45) is 3.23. The molecule has 1 N–H and O–H groups in total. The first-order chi connectivity index (χ1) is 14.0. The number of hydrogen-bond donors (Lipinski definition) is 1. The predicted octanol–water partition coefficient (Wildman–Crippen LogP) is 1.07. The lowest BCUT2D eigenvalue weighted by atomic mass is 10.1. The third-order valence-corrected chi connectivity index (χ3v) is 5.25. The van der Waals surface area contributed by atoms with Crippen LogP contribution in [0.2, 0.25) is 0 Å². The summed E-state index contributed by atoms with van der Waals surface area (Å²) in [5.41, 5.74) is -0.0533. The summed E-state index contributed by atoms with van der Waals surface area (Å²) in [5.74, 6) is -0.783. The molecular formula is C19H25N5O5. The molecule has 0 aromatic heterocycles. The van der Waals surface area contributed by atoms with Gasteiger partial charge in [0, 0.05) is 57.0 Å². The van der Waals surface area contributed by atoms with E-state index < -0.39 is 10.8 Å². The molecule has 0 unspecified atom stereocenters. The normalized spacial score (nSPS) is 17.0. The van der Waals surface area contributed by atoms with Crippen LogP contribution >= 0.6 is 0 Å². The number of nitro groups is 1. The van der Waals surface area contributed by atoms with Gasteiger partial charge in [-0.3, -0.25) is 19.7 Å². The van der Waals surface area contributed by atoms with Crippen LogP contribution in [0.15, 0.2) is 24.3 Å². The zero-order valence-electron chi connectivity index (χ0n) is 16.2. The summed E-state index contributed by atoms with van der Waals surface area (Å²) in [6, 6.07) is 5.39. The van der Waals surface area contributed by atoms with E-state index in [1.165, 1.54) is 24.3 Å². The Labute approximate surface area is 168 Å². The number of urea groups is 1. The van der Waals surface area contributed by atoms with Crippen molar-refractivity contribution in [3.8, 4) is 0 Å². The molecule has 0 saturated carbocycles. The Morgan fingerprint density at radius 1 is 0.931 bits per heavy atom. The van der Waals surface area contributed by atoms with Crippen LogP contribution in [0.1, 0.15) is 29.6 Å². The largest absolute Gasteiger partial charge is 0.343 e. The first kappa shape index (κ1) is 20.6. The first-order valence-electron chi connectivity index (χ1n) is 9.80. The summed E-state index contributed by atoms with van der Waals surface area (Å²) in [6.45, 7) is 3.18. The molecule has 29 heavy (non-hydrogen) atoms. The summed E-state index contributed by atoms with van der Waals surface area (Å²) in [5, 5.41) is 13.3. The fourth-order valence-electron chi connectivity index (χ4n) is 3.56. The number of nitrogens with zero attached hydrogens (tertiary/aromatic N) is 4. The van der Waals surface area contributed by atoms with Gasteiger partial charge >= 0.3 is 6.03 Å². The maximum Gasteiger partial charge on any atom is 0.320 e. The van der Waals surface area contributed by atoms with Gasteiger partial charge < -0.3 is 20.0 Å². The SMILES string of the molecule is O=C(NCC(=O)N1CCN(C(=O)N2CCCCC2)CC1)c1cccc([N+](=O)[O-])c1. The van der Waals surface area contributed by atoms with Gasteiger partial charge in [-0.1, -0.05) is 6.07 Å². The Kier molecular flexibility index (Phi) is 6.63. The predicted molar refractivity (Wildman–Crippen MR) is 104 cm³/mol. The molecule has 0 spiro atoms. The van der Waals surface area contributed by atoms with Crippen molar-refractivity contribution in [2.75, 3.05) is 45.8 Å². The fourth-order valence-corrected chi connectivity index (χ4v) is 3.56. The minimum Gasteiger partial charge on any atom is -0.343 e. The number of nitro benzene ring substituents is 1. The highest BCUT2D eigenvalue weighted by molar-refractivity contribution is 5.97. The van der Waals surface area contributed by atoms with Crippen LogP contribution in [-0.4, -0.2) is 83.3 Å². The number of amides is 4. The standard InChI is InChI=1S/C19H25N5O5/c25-17(14-20-18(26)15-5-4-6-16(13-15)24(28)29)21-9-11-23(12-10-21)19(27)22-7-2-1-3-8-22/h4-6,13H,1-3,7-12,14H2,(H,20,26). The van der Waals surface area contributed by atoms with Gasteiger partial charge in [0.2, 0.25) is 5.91 Å². The molecule has 2 heterocycles. The lowest BCUT2D eigenvalue weighted by molar-refractivity contribution is -0.384. The molecule has 156 valence electrons. The number of carbonyl (C=O) groups is 3. The van der Waals surface area contributed by atoms with Crippen LogP contribution in [0.4, 0.5) is 10.5 Å². The van der Waals surface area contributed by atoms with Gasteiger partial charge in [0.25, 0.3) is 11.6 Å². The van der Waals surface area contributed by atoms with Crippen LogP contribution in [0.25, 0.3) is 0 Å². The molecule has 10 heteroatoms. The van der Waals surface area contributed by atoms with Crippen molar-refractivity contribution in [1.82, 2.24) is 20.0 Å². The molecule has 4 amide bonds. The quantitative estimate of drug-likeness (QED) is 0.596. The van der Waals surface area contributed by atoms with Crippen LogP contribution in [0.3, 0.4) is 0 Å². The van der Waals surface area contributed by atoms with Crippen molar-refractivity contribution in [3.05, 3.63) is 39.9 Å². The molecule has 1 aromatic rings. The molecule has 2 aliphatic rings. The van der Waals surface area contributed by atoms with Gasteiger partial charge in [0.05, 0.1) is 11.5 Å². The van der Waals surface area contributed by atoms with Crippen LogP contribution in [0.5, 0.6) is 0 Å². The van der Waals surface area contributed by atoms with E-state index in [2.05, 4.69) is 5.32 Å². The summed E-state index contributed by atoms with van der Waals surface area (Å²) in [7, 11) is 0. The zero-order chi connectivity index (χ0) is 20.8. The molecule has 0 atom stereocenters. The highest BCUT2D eigenvalue weighted by atomic mass is 16.6. The molecule has 0 aliphatic carbocycles. The van der Waals surface area contributed by atoms with Gasteiger partial charge in [-0.2, -0.15) is 0 Å². The monoisotopic (exact) mass is 403 g/mol. The maximum atomic E-state index is 12.5. The van der Waals surface area contributed by atoms with Crippen molar-refractivity contribution in [1.29, 1.82) is 0 Å². The van der Waals surface area contributed by atoms with Crippen molar-refractivity contribution in [2.45, 2.75) is 19.3 Å². The summed E-state index contributed by atoms with van der Waals surface area (Å²) >= 11 is 0. The highest BCUT2D eigenvalue weighted by Gasteiger charge is 2.28. The van der Waals surface area contributed by atoms with E-state index in [-0.39, 0.29) is 29.7 Å². The molecular weight excluding hydrogens is 378 g/mol. The lowest BCUT2D eigenvalue weighted by Crippen LogP contribution is -2.55. The topological polar surface area (TPSA) is 116 Å². The summed E-state index contributed by atoms with van der Waals surface area (Å²) in [4.78, 5) is 52.6. The second-order valence-electron chi connectivity index (χ2n) is 7.19. The first-order valence-corrected chi connectivity index (χ1v) is 9.80. The second-order valence-corrected chi connectivity index (χ2v) is 7.19. The summed E-state index contributed by atoms with van der Waals surface area (Å²) < 4.78 is 0. The minimum absolute atomic E-state index is 0.0378. The van der Waals surface area contributed by atoms with Gasteiger partial charge in [-0.05, 0) is 25.3 Å². The molecule has 1 aromatic carbocycles. The number of piperidine rings is 1. The van der Waals surface area contributed by atoms with Crippen LogP contribution in [0, 0.1) is 10.1 Å². The van der Waals surface area contributed by atoms with Crippen molar-refractivity contribution in [2.24, 2.45) is 0 Å². The number of nitrogens with one attached hydrogen (secondary N) is 1. The molecule has 2 saturated heterocycles. The van der Waals surface area contributed by atoms with E-state index in [0.717, 1.165) is 32.4 Å². The smallest absolute Gasteiger partial charge is 0.320 e. The van der Waals surface area contributed by atoms with Crippen molar-refractivity contribution < 1.29 is 19.3 Å². The fraction of sp³-hybridized carbons (Fsp3) is 0.526. The minimum atomic E-state index is -0.577. The number of rotatable bonds is 4. The maximum absolute atomic E-state index is 12.5. The Bertz CT molecular complexity index is 785. The molecule has 3 rings (SSSR count). The number of likely N-dealkylation sites (tertiary alicyclic amines) is 1. The third-order valence-electron chi connectivity index (χ3n) is 5.25. The Balaban J connectivity index is 1.45. The van der Waals surface area contributed by atoms with Crippen LogP contribution in [-0.2, 0) is 4.79 Å². The number of carbonyl (C=O) groups excluding carboxylic acids is 3. The van der Waals surface area contributed by atoms with Gasteiger partial charge in [-0.25, -0.2) is 4.79 Å². The van der Waals surface area contributed by atoms with Gasteiger partial charge in [0.1, 0.15) is 0 Å². The molecule has 0 bridgehead atoms. The van der Waals surface area contributed by atoms with Gasteiger partial charge in [0.15, 0.2) is 0 Å².